The van der Waals surface area contributed by atoms with Crippen molar-refractivity contribution in [1.82, 2.24) is 0 Å². The van der Waals surface area contributed by atoms with Crippen LogP contribution in [-0.4, -0.2) is 6.03 Å². The summed E-state index contributed by atoms with van der Waals surface area (Å²) in [7, 11) is 0. The topological polar surface area (TPSA) is 67.1 Å². The third-order valence-corrected chi connectivity index (χ3v) is 3.91. The van der Waals surface area contributed by atoms with Crippen LogP contribution in [0.3, 0.4) is 0 Å². The number of urea groups is 1. The number of nitrogens with two attached hydrogens (primary N) is 1. The van der Waals surface area contributed by atoms with Gasteiger partial charge in [0.25, 0.3) is 0 Å². The minimum atomic E-state index is -0.363. The van der Waals surface area contributed by atoms with E-state index in [1.54, 1.807) is 36.4 Å². The Kier molecular flexibility index (Phi) is 4.91. The third kappa shape index (κ3) is 3.88. The molecular weight excluding hydrogens is 409 g/mol. The lowest BCUT2D eigenvalue weighted by atomic mass is 10.3. The van der Waals surface area contributed by atoms with E-state index in [1.807, 2.05) is 0 Å². The first kappa shape index (κ1) is 15.2. The van der Waals surface area contributed by atoms with Gasteiger partial charge in [-0.3, -0.25) is 0 Å². The smallest absolute Gasteiger partial charge is 0.323 e. The van der Waals surface area contributed by atoms with Crippen molar-refractivity contribution in [2.45, 2.75) is 0 Å². The van der Waals surface area contributed by atoms with Crippen LogP contribution in [0.25, 0.3) is 0 Å². The number of nitrogen functional groups attached to an aromatic ring is 1. The molecule has 7 heteroatoms. The summed E-state index contributed by atoms with van der Waals surface area (Å²) in [6.07, 6.45) is 0. The maximum Gasteiger partial charge on any atom is 0.323 e. The number of nitrogens with one attached hydrogen (secondary N) is 2. The number of carbonyl (C=O) groups excluding carboxylic acids is 1. The van der Waals surface area contributed by atoms with Crippen molar-refractivity contribution < 1.29 is 4.79 Å². The van der Waals surface area contributed by atoms with Gasteiger partial charge < -0.3 is 16.4 Å². The van der Waals surface area contributed by atoms with Crippen molar-refractivity contribution in [3.05, 3.63) is 50.4 Å². The number of rotatable bonds is 2. The summed E-state index contributed by atoms with van der Waals surface area (Å²) in [5, 5.41) is 6.05. The fourth-order valence-electron chi connectivity index (χ4n) is 1.52. The van der Waals surface area contributed by atoms with Crippen molar-refractivity contribution in [2.24, 2.45) is 0 Å². The van der Waals surface area contributed by atoms with Crippen molar-refractivity contribution in [3.63, 3.8) is 0 Å². The summed E-state index contributed by atoms with van der Waals surface area (Å²) in [5.74, 6) is 0. The first-order chi connectivity index (χ1) is 9.45. The molecule has 4 N–H and O–H groups in total. The molecule has 0 aliphatic rings. The van der Waals surface area contributed by atoms with Crippen LogP contribution in [0, 0.1) is 0 Å². The molecular formula is C13H10Br2ClN3O. The molecule has 0 radical (unpaired) electrons. The minimum absolute atomic E-state index is 0.363. The van der Waals surface area contributed by atoms with E-state index >= 15 is 0 Å². The molecule has 2 rings (SSSR count). The Morgan fingerprint density at radius 1 is 1.05 bits per heavy atom. The molecule has 0 atom stereocenters. The lowest BCUT2D eigenvalue weighted by molar-refractivity contribution is 0.262. The quantitative estimate of drug-likeness (QED) is 0.594. The first-order valence-electron chi connectivity index (χ1n) is 5.54. The second kappa shape index (κ2) is 6.47. The summed E-state index contributed by atoms with van der Waals surface area (Å²) >= 11 is 12.5. The lowest BCUT2D eigenvalue weighted by Crippen LogP contribution is -2.20. The van der Waals surface area contributed by atoms with Crippen molar-refractivity contribution >= 4 is 66.6 Å². The fourth-order valence-corrected chi connectivity index (χ4v) is 3.07. The zero-order chi connectivity index (χ0) is 14.7. The molecule has 4 nitrogen and oxygen atoms in total. The Morgan fingerprint density at radius 3 is 2.15 bits per heavy atom. The molecule has 20 heavy (non-hydrogen) atoms. The van der Waals surface area contributed by atoms with Crippen LogP contribution in [0.4, 0.5) is 21.9 Å². The van der Waals surface area contributed by atoms with E-state index in [0.29, 0.717) is 31.0 Å². The molecule has 2 aromatic rings. The second-order valence-corrected chi connectivity index (χ2v) is 6.09. The van der Waals surface area contributed by atoms with Gasteiger partial charge in [0, 0.05) is 25.3 Å². The molecule has 0 saturated carbocycles. The number of amides is 2. The molecule has 2 aromatic carbocycles. The molecule has 0 spiro atoms. The van der Waals surface area contributed by atoms with Gasteiger partial charge in [0.1, 0.15) is 0 Å². The summed E-state index contributed by atoms with van der Waals surface area (Å²) < 4.78 is 1.38. The standard InChI is InChI=1S/C13H10Br2ClN3O/c14-10-5-8(17)6-11(15)12(10)19-13(20)18-9-3-1-7(16)2-4-9/h1-6H,17H2,(H2,18,19,20). The minimum Gasteiger partial charge on any atom is -0.399 e. The van der Waals surface area contributed by atoms with E-state index < -0.39 is 0 Å². The van der Waals surface area contributed by atoms with Crippen molar-refractivity contribution in [1.29, 1.82) is 0 Å². The molecule has 0 aromatic heterocycles. The van der Waals surface area contributed by atoms with Crippen LogP contribution in [0.5, 0.6) is 0 Å². The van der Waals surface area contributed by atoms with E-state index in [2.05, 4.69) is 42.5 Å². The molecule has 0 aliphatic carbocycles. The average molecular weight is 420 g/mol. The van der Waals surface area contributed by atoms with E-state index in [9.17, 15) is 4.79 Å². The van der Waals surface area contributed by atoms with Crippen LogP contribution >= 0.6 is 43.5 Å². The highest BCUT2D eigenvalue weighted by Gasteiger charge is 2.10. The van der Waals surface area contributed by atoms with Crippen LogP contribution in [-0.2, 0) is 0 Å². The van der Waals surface area contributed by atoms with Gasteiger partial charge in [0.2, 0.25) is 0 Å². The van der Waals surface area contributed by atoms with Gasteiger partial charge >= 0.3 is 6.03 Å². The van der Waals surface area contributed by atoms with Crippen LogP contribution in [0.15, 0.2) is 45.3 Å². The normalized spacial score (nSPS) is 10.2. The highest BCUT2D eigenvalue weighted by Crippen LogP contribution is 2.33. The zero-order valence-corrected chi connectivity index (χ0v) is 14.0. The van der Waals surface area contributed by atoms with Gasteiger partial charge in [-0.25, -0.2) is 4.79 Å². The number of hydrogen-bond donors (Lipinski definition) is 3. The molecule has 104 valence electrons. The van der Waals surface area contributed by atoms with Crippen LogP contribution < -0.4 is 16.4 Å². The highest BCUT2D eigenvalue weighted by atomic mass is 79.9. The van der Waals surface area contributed by atoms with Crippen molar-refractivity contribution in [2.75, 3.05) is 16.4 Å². The summed E-state index contributed by atoms with van der Waals surface area (Å²) in [4.78, 5) is 11.9. The summed E-state index contributed by atoms with van der Waals surface area (Å²) in [5.41, 5.74) is 7.54. The first-order valence-corrected chi connectivity index (χ1v) is 7.50. The molecule has 0 heterocycles. The maximum absolute atomic E-state index is 11.9. The van der Waals surface area contributed by atoms with Crippen LogP contribution in [0.2, 0.25) is 5.02 Å². The molecule has 0 unspecified atom stereocenters. The maximum atomic E-state index is 11.9. The molecule has 0 saturated heterocycles. The Hall–Kier alpha value is -1.24. The summed E-state index contributed by atoms with van der Waals surface area (Å²) in [6, 6.07) is 9.90. The van der Waals surface area contributed by atoms with Gasteiger partial charge in [-0.2, -0.15) is 0 Å². The fraction of sp³-hybridized carbons (Fsp3) is 0. The molecule has 0 aliphatic heterocycles. The van der Waals surface area contributed by atoms with E-state index in [-0.39, 0.29) is 6.03 Å². The zero-order valence-electron chi connectivity index (χ0n) is 10.1. The largest absolute Gasteiger partial charge is 0.399 e. The Balaban J connectivity index is 2.10. The van der Waals surface area contributed by atoms with E-state index in [0.717, 1.165) is 0 Å². The van der Waals surface area contributed by atoms with E-state index in [1.165, 1.54) is 0 Å². The Morgan fingerprint density at radius 2 is 1.60 bits per heavy atom. The Labute approximate surface area is 137 Å². The van der Waals surface area contributed by atoms with E-state index in [4.69, 9.17) is 17.3 Å². The summed E-state index contributed by atoms with van der Waals surface area (Å²) in [6.45, 7) is 0. The highest BCUT2D eigenvalue weighted by molar-refractivity contribution is 9.11. The van der Waals surface area contributed by atoms with Crippen molar-refractivity contribution in [3.8, 4) is 0 Å². The number of carbonyl (C=O) groups is 1. The number of anilines is 3. The molecule has 0 bridgehead atoms. The van der Waals surface area contributed by atoms with Gasteiger partial charge in [0.15, 0.2) is 0 Å². The number of benzene rings is 2. The predicted molar refractivity (Wildman–Crippen MR) is 90.3 cm³/mol. The monoisotopic (exact) mass is 417 g/mol. The van der Waals surface area contributed by atoms with Gasteiger partial charge in [-0.15, -0.1) is 0 Å². The van der Waals surface area contributed by atoms with Crippen LogP contribution in [0.1, 0.15) is 0 Å². The molecule has 0 fully saturated rings. The average Bonchev–Trinajstić information content (AvgIpc) is 2.36. The number of hydrogen-bond acceptors (Lipinski definition) is 2. The predicted octanol–water partition coefficient (Wildman–Crippen LogP) is 5.09. The number of halogens is 3. The lowest BCUT2D eigenvalue weighted by Gasteiger charge is -2.11. The second-order valence-electron chi connectivity index (χ2n) is 3.95. The van der Waals surface area contributed by atoms with Gasteiger partial charge in [-0.05, 0) is 68.3 Å². The molecule has 2 amide bonds. The third-order valence-electron chi connectivity index (χ3n) is 2.41. The van der Waals surface area contributed by atoms with Gasteiger partial charge in [0.05, 0.1) is 5.69 Å². The van der Waals surface area contributed by atoms with Gasteiger partial charge in [-0.1, -0.05) is 11.6 Å². The Bertz CT molecular complexity index is 624. The SMILES string of the molecule is Nc1cc(Br)c(NC(=O)Nc2ccc(Cl)cc2)c(Br)c1.